The molecule has 122 valence electrons. The summed E-state index contributed by atoms with van der Waals surface area (Å²) in [6, 6.07) is 3.90. The Morgan fingerprint density at radius 3 is 2.82 bits per heavy atom. The molecule has 0 amide bonds. The topological polar surface area (TPSA) is 72.5 Å². The van der Waals surface area contributed by atoms with Crippen LogP contribution in [0.2, 0.25) is 0 Å². The number of hydrogen-bond acceptors (Lipinski definition) is 3. The number of nitrogens with two attached hydrogens (primary N) is 1. The second-order valence-electron chi connectivity index (χ2n) is 6.14. The van der Waals surface area contributed by atoms with Gasteiger partial charge in [0.1, 0.15) is 0 Å². The molecule has 0 atom stereocenters. The molecular weight excluding hydrogens is 391 g/mol. The minimum Gasteiger partial charge on any atom is -0.477 e. The number of rotatable bonds is 7. The summed E-state index contributed by atoms with van der Waals surface area (Å²) < 4.78 is 5.67. The van der Waals surface area contributed by atoms with Gasteiger partial charge in [0.25, 0.3) is 0 Å². The molecule has 0 unspecified atom stereocenters. The van der Waals surface area contributed by atoms with Crippen molar-refractivity contribution in [3.63, 3.8) is 0 Å². The average molecular weight is 416 g/mol. The van der Waals surface area contributed by atoms with Gasteiger partial charge >= 0.3 is 0 Å². The van der Waals surface area contributed by atoms with Crippen LogP contribution in [0.3, 0.4) is 0 Å². The molecule has 5 nitrogen and oxygen atoms in total. The Hall–Kier alpha value is -1.05. The summed E-state index contributed by atoms with van der Waals surface area (Å²) in [5, 5.41) is 3.20. The molecule has 1 aromatic rings. The third-order valence-electron chi connectivity index (χ3n) is 4.19. The number of guanidine groups is 1. The van der Waals surface area contributed by atoms with E-state index in [0.717, 1.165) is 30.6 Å². The number of aromatic nitrogens is 1. The van der Waals surface area contributed by atoms with E-state index >= 15 is 0 Å². The van der Waals surface area contributed by atoms with Crippen molar-refractivity contribution in [2.24, 2.45) is 22.6 Å². The highest BCUT2D eigenvalue weighted by molar-refractivity contribution is 14.0. The second kappa shape index (κ2) is 8.55. The fourth-order valence-electron chi connectivity index (χ4n) is 2.29. The highest BCUT2D eigenvalue weighted by Crippen LogP contribution is 2.29. The molecule has 1 heterocycles. The van der Waals surface area contributed by atoms with E-state index in [-0.39, 0.29) is 24.0 Å². The standard InChI is InChI=1S/C16H24N4O.HI/c17-16(19-9-12-2-1-3-12)20-10-14-6-7-18-15(8-14)21-11-13-4-5-13;/h6-8,12-13H,1-5,9-11H2,(H3,17,19,20);1H. The molecule has 2 aliphatic carbocycles. The lowest BCUT2D eigenvalue weighted by Crippen LogP contribution is -2.37. The van der Waals surface area contributed by atoms with E-state index in [9.17, 15) is 0 Å². The van der Waals surface area contributed by atoms with Gasteiger partial charge in [0.2, 0.25) is 5.88 Å². The number of nitrogens with one attached hydrogen (secondary N) is 1. The lowest BCUT2D eigenvalue weighted by Gasteiger charge is -2.25. The molecule has 22 heavy (non-hydrogen) atoms. The highest BCUT2D eigenvalue weighted by Gasteiger charge is 2.22. The Kier molecular flexibility index (Phi) is 6.72. The van der Waals surface area contributed by atoms with Crippen LogP contribution in [0.15, 0.2) is 23.3 Å². The maximum absolute atomic E-state index is 5.89. The Morgan fingerprint density at radius 2 is 2.14 bits per heavy atom. The molecule has 6 heteroatoms. The van der Waals surface area contributed by atoms with E-state index in [2.05, 4.69) is 15.3 Å². The van der Waals surface area contributed by atoms with Crippen LogP contribution in [0.25, 0.3) is 0 Å². The van der Waals surface area contributed by atoms with Gasteiger partial charge in [-0.25, -0.2) is 9.98 Å². The smallest absolute Gasteiger partial charge is 0.213 e. The molecule has 0 saturated heterocycles. The zero-order chi connectivity index (χ0) is 14.5. The van der Waals surface area contributed by atoms with Crippen molar-refractivity contribution in [2.75, 3.05) is 13.2 Å². The van der Waals surface area contributed by atoms with Crippen molar-refractivity contribution < 1.29 is 4.74 Å². The van der Waals surface area contributed by atoms with Crippen molar-refractivity contribution in [1.82, 2.24) is 10.3 Å². The van der Waals surface area contributed by atoms with Crippen LogP contribution < -0.4 is 15.8 Å². The number of nitrogens with zero attached hydrogens (tertiary/aromatic N) is 2. The first-order valence-electron chi connectivity index (χ1n) is 7.91. The van der Waals surface area contributed by atoms with Crippen molar-refractivity contribution in [3.05, 3.63) is 23.9 Å². The molecule has 2 saturated carbocycles. The van der Waals surface area contributed by atoms with Gasteiger partial charge in [-0.3, -0.25) is 0 Å². The molecule has 0 bridgehead atoms. The van der Waals surface area contributed by atoms with Gasteiger partial charge in [-0.15, -0.1) is 24.0 Å². The van der Waals surface area contributed by atoms with Crippen LogP contribution in [0.4, 0.5) is 0 Å². The van der Waals surface area contributed by atoms with Crippen molar-refractivity contribution in [3.8, 4) is 5.88 Å². The van der Waals surface area contributed by atoms with E-state index in [1.165, 1.54) is 32.1 Å². The van der Waals surface area contributed by atoms with E-state index < -0.39 is 0 Å². The fourth-order valence-corrected chi connectivity index (χ4v) is 2.29. The molecule has 0 spiro atoms. The number of halogens is 1. The van der Waals surface area contributed by atoms with Crippen LogP contribution in [0, 0.1) is 11.8 Å². The first-order valence-corrected chi connectivity index (χ1v) is 7.91. The van der Waals surface area contributed by atoms with Crippen LogP contribution in [-0.4, -0.2) is 24.1 Å². The fraction of sp³-hybridized carbons (Fsp3) is 0.625. The maximum atomic E-state index is 5.89. The summed E-state index contributed by atoms with van der Waals surface area (Å²) in [6.07, 6.45) is 8.31. The Morgan fingerprint density at radius 1 is 1.32 bits per heavy atom. The molecule has 1 aromatic heterocycles. The number of ether oxygens (including phenoxy) is 1. The summed E-state index contributed by atoms with van der Waals surface area (Å²) in [4.78, 5) is 8.60. The van der Waals surface area contributed by atoms with Gasteiger partial charge in [-0.05, 0) is 49.1 Å². The quantitative estimate of drug-likeness (QED) is 0.407. The molecule has 0 radical (unpaired) electrons. The minimum absolute atomic E-state index is 0. The molecule has 2 aliphatic rings. The number of pyridine rings is 1. The summed E-state index contributed by atoms with van der Waals surface area (Å²) in [5.41, 5.74) is 6.96. The zero-order valence-electron chi connectivity index (χ0n) is 12.8. The second-order valence-corrected chi connectivity index (χ2v) is 6.14. The van der Waals surface area contributed by atoms with Crippen LogP contribution in [-0.2, 0) is 6.54 Å². The Balaban J connectivity index is 0.00000176. The highest BCUT2D eigenvalue weighted by atomic mass is 127. The van der Waals surface area contributed by atoms with Gasteiger partial charge in [0.05, 0.1) is 13.2 Å². The third-order valence-corrected chi connectivity index (χ3v) is 4.19. The normalized spacial score (nSPS) is 18.3. The minimum atomic E-state index is 0. The predicted molar refractivity (Wildman–Crippen MR) is 98.5 cm³/mol. The molecule has 3 N–H and O–H groups in total. The molecule has 3 rings (SSSR count). The van der Waals surface area contributed by atoms with Crippen LogP contribution in [0.5, 0.6) is 5.88 Å². The first-order chi connectivity index (χ1) is 10.3. The summed E-state index contributed by atoms with van der Waals surface area (Å²) >= 11 is 0. The predicted octanol–water partition coefficient (Wildman–Crippen LogP) is 2.69. The van der Waals surface area contributed by atoms with E-state index in [1.807, 2.05) is 12.1 Å². The van der Waals surface area contributed by atoms with E-state index in [0.29, 0.717) is 18.4 Å². The molecule has 0 aliphatic heterocycles. The largest absolute Gasteiger partial charge is 0.477 e. The lowest BCUT2D eigenvalue weighted by atomic mass is 9.85. The monoisotopic (exact) mass is 416 g/mol. The van der Waals surface area contributed by atoms with Crippen LogP contribution in [0.1, 0.15) is 37.7 Å². The average Bonchev–Trinajstić information content (AvgIpc) is 3.26. The van der Waals surface area contributed by atoms with Crippen molar-refractivity contribution >= 4 is 29.9 Å². The lowest BCUT2D eigenvalue weighted by molar-refractivity contribution is 0.288. The van der Waals surface area contributed by atoms with E-state index in [4.69, 9.17) is 10.5 Å². The van der Waals surface area contributed by atoms with Crippen molar-refractivity contribution in [1.29, 1.82) is 0 Å². The summed E-state index contributed by atoms with van der Waals surface area (Å²) in [6.45, 7) is 2.29. The SMILES string of the molecule is I.NC(=NCc1ccnc(OCC2CC2)c1)NCC1CCC1. The van der Waals surface area contributed by atoms with Crippen LogP contribution >= 0.6 is 24.0 Å². The Labute approximate surface area is 149 Å². The van der Waals surface area contributed by atoms with Gasteiger partial charge in [-0.1, -0.05) is 6.42 Å². The van der Waals surface area contributed by atoms with Crippen molar-refractivity contribution in [2.45, 2.75) is 38.6 Å². The summed E-state index contributed by atoms with van der Waals surface area (Å²) in [7, 11) is 0. The number of aliphatic imine (C=N–C) groups is 1. The van der Waals surface area contributed by atoms with Gasteiger partial charge in [-0.2, -0.15) is 0 Å². The first kappa shape index (κ1) is 17.3. The zero-order valence-corrected chi connectivity index (χ0v) is 15.2. The Bertz CT molecular complexity index is 501. The molecule has 0 aromatic carbocycles. The third kappa shape index (κ3) is 5.62. The van der Waals surface area contributed by atoms with Gasteiger partial charge in [0.15, 0.2) is 5.96 Å². The maximum Gasteiger partial charge on any atom is 0.213 e. The van der Waals surface area contributed by atoms with E-state index in [1.54, 1.807) is 6.20 Å². The summed E-state index contributed by atoms with van der Waals surface area (Å²) in [5.74, 6) is 2.73. The van der Waals surface area contributed by atoms with Gasteiger partial charge < -0.3 is 15.8 Å². The molecular formula is C16H25IN4O. The number of hydrogen-bond donors (Lipinski definition) is 2. The van der Waals surface area contributed by atoms with Gasteiger partial charge in [0, 0.05) is 18.8 Å². The molecule has 2 fully saturated rings.